The predicted molar refractivity (Wildman–Crippen MR) is 91.0 cm³/mol. The molecule has 0 spiro atoms. The van der Waals surface area contributed by atoms with E-state index in [-0.39, 0.29) is 5.41 Å². The van der Waals surface area contributed by atoms with Gasteiger partial charge in [-0.2, -0.15) is 0 Å². The summed E-state index contributed by atoms with van der Waals surface area (Å²) >= 11 is 0. The van der Waals surface area contributed by atoms with Crippen LogP contribution in [-0.4, -0.2) is 39.6 Å². The van der Waals surface area contributed by atoms with Crippen LogP contribution in [0, 0.1) is 25.2 Å². The molecule has 0 radical (unpaired) electrons. The molecule has 2 fully saturated rings. The third-order valence-electron chi connectivity index (χ3n) is 5.41. The maximum absolute atomic E-state index is 6.00. The molecule has 126 valence electrons. The first-order chi connectivity index (χ1) is 11.6. The molecule has 4 rings (SSSR count). The topological polar surface area (TPSA) is 64.0 Å². The number of hydrogen-bond acceptors (Lipinski definition) is 6. The van der Waals surface area contributed by atoms with Gasteiger partial charge in [0.15, 0.2) is 0 Å². The van der Waals surface area contributed by atoms with E-state index in [1.54, 1.807) is 12.5 Å². The van der Waals surface area contributed by atoms with Gasteiger partial charge in [0.05, 0.1) is 6.61 Å². The quantitative estimate of drug-likeness (QED) is 0.861. The molecule has 0 aromatic carbocycles. The third kappa shape index (κ3) is 2.81. The predicted octanol–water partition coefficient (Wildman–Crippen LogP) is 2.57. The van der Waals surface area contributed by atoms with E-state index in [1.165, 1.54) is 19.3 Å². The van der Waals surface area contributed by atoms with Crippen molar-refractivity contribution in [2.45, 2.75) is 33.1 Å². The van der Waals surface area contributed by atoms with Crippen LogP contribution in [0.2, 0.25) is 0 Å². The van der Waals surface area contributed by atoms with Gasteiger partial charge in [0.2, 0.25) is 0 Å². The monoisotopic (exact) mass is 325 g/mol. The van der Waals surface area contributed by atoms with Crippen LogP contribution in [0.4, 0.5) is 5.82 Å². The summed E-state index contributed by atoms with van der Waals surface area (Å²) in [7, 11) is 0. The van der Waals surface area contributed by atoms with Gasteiger partial charge in [-0.3, -0.25) is 0 Å². The highest BCUT2D eigenvalue weighted by atomic mass is 16.5. The summed E-state index contributed by atoms with van der Waals surface area (Å²) in [5.74, 6) is 1.68. The number of ether oxygens (including phenoxy) is 1. The average Bonchev–Trinajstić information content (AvgIpc) is 3.10. The van der Waals surface area contributed by atoms with Gasteiger partial charge in [-0.15, -0.1) is 0 Å². The largest absolute Gasteiger partial charge is 0.463 e. The van der Waals surface area contributed by atoms with Crippen LogP contribution >= 0.6 is 0 Å². The fourth-order valence-electron chi connectivity index (χ4n) is 4.14. The Bertz CT molecular complexity index is 737. The van der Waals surface area contributed by atoms with Gasteiger partial charge in [0, 0.05) is 42.2 Å². The summed E-state index contributed by atoms with van der Waals surface area (Å²) in [6.07, 6.45) is 7.15. The van der Waals surface area contributed by atoms with Crippen molar-refractivity contribution >= 4 is 5.82 Å². The lowest BCUT2D eigenvalue weighted by molar-refractivity contribution is 0.130. The Morgan fingerprint density at radius 2 is 2.17 bits per heavy atom. The highest BCUT2D eigenvalue weighted by molar-refractivity contribution is 5.41. The number of anilines is 1. The third-order valence-corrected chi connectivity index (χ3v) is 5.41. The molecule has 1 saturated heterocycles. The maximum atomic E-state index is 6.00. The molecule has 6 heteroatoms. The van der Waals surface area contributed by atoms with Crippen LogP contribution in [0.15, 0.2) is 24.7 Å². The molecule has 1 aliphatic carbocycles. The highest BCUT2D eigenvalue weighted by Crippen LogP contribution is 2.49. The van der Waals surface area contributed by atoms with E-state index in [0.29, 0.717) is 18.5 Å². The van der Waals surface area contributed by atoms with Crippen LogP contribution in [-0.2, 0) is 0 Å². The standard InChI is InChI=1S/C18H23N5O/c1-13-5-7-19-17(22-13)24-11-18-6-3-4-15(18)9-23(10-18)16-8-14(2)20-12-21-16/h5,7-8,12,15H,3-4,6,9-11H2,1-2H3. The van der Waals surface area contributed by atoms with Crippen molar-refractivity contribution in [3.8, 4) is 6.01 Å². The van der Waals surface area contributed by atoms with Gasteiger partial charge >= 0.3 is 6.01 Å². The molecule has 2 aromatic heterocycles. The molecule has 2 unspecified atom stereocenters. The van der Waals surface area contributed by atoms with Crippen molar-refractivity contribution in [1.82, 2.24) is 19.9 Å². The number of aromatic nitrogens is 4. The van der Waals surface area contributed by atoms with Crippen LogP contribution in [0.3, 0.4) is 0 Å². The Hall–Kier alpha value is -2.24. The molecule has 1 saturated carbocycles. The molecule has 2 atom stereocenters. The van der Waals surface area contributed by atoms with Crippen molar-refractivity contribution in [2.24, 2.45) is 11.3 Å². The van der Waals surface area contributed by atoms with E-state index < -0.39 is 0 Å². The number of fused-ring (bicyclic) bond motifs is 1. The summed E-state index contributed by atoms with van der Waals surface area (Å²) < 4.78 is 6.00. The molecular weight excluding hydrogens is 302 g/mol. The van der Waals surface area contributed by atoms with E-state index in [2.05, 4.69) is 30.9 Å². The van der Waals surface area contributed by atoms with Crippen molar-refractivity contribution in [2.75, 3.05) is 24.6 Å². The van der Waals surface area contributed by atoms with Gasteiger partial charge in [0.25, 0.3) is 0 Å². The van der Waals surface area contributed by atoms with Crippen molar-refractivity contribution < 1.29 is 4.74 Å². The Labute approximate surface area is 142 Å². The summed E-state index contributed by atoms with van der Waals surface area (Å²) in [6.45, 7) is 6.69. The molecule has 24 heavy (non-hydrogen) atoms. The minimum absolute atomic E-state index is 0.186. The molecule has 1 aliphatic heterocycles. The SMILES string of the molecule is Cc1cc(N2CC3CCCC3(COc3nccc(C)n3)C2)ncn1. The van der Waals surface area contributed by atoms with Crippen LogP contribution in [0.5, 0.6) is 6.01 Å². The van der Waals surface area contributed by atoms with Crippen molar-refractivity contribution in [1.29, 1.82) is 0 Å². The summed E-state index contributed by atoms with van der Waals surface area (Å²) in [5, 5.41) is 0. The summed E-state index contributed by atoms with van der Waals surface area (Å²) in [6, 6.07) is 4.45. The Kier molecular flexibility index (Phi) is 3.82. The van der Waals surface area contributed by atoms with E-state index in [9.17, 15) is 0 Å². The van der Waals surface area contributed by atoms with Crippen molar-refractivity contribution in [3.05, 3.63) is 36.0 Å². The van der Waals surface area contributed by atoms with Crippen LogP contribution in [0.1, 0.15) is 30.7 Å². The van der Waals surface area contributed by atoms with Crippen LogP contribution < -0.4 is 9.64 Å². The van der Waals surface area contributed by atoms with Gasteiger partial charge in [-0.05, 0) is 38.7 Å². The van der Waals surface area contributed by atoms with E-state index in [4.69, 9.17) is 4.74 Å². The number of rotatable bonds is 4. The Morgan fingerprint density at radius 1 is 1.25 bits per heavy atom. The van der Waals surface area contributed by atoms with Gasteiger partial charge in [0.1, 0.15) is 12.1 Å². The number of hydrogen-bond donors (Lipinski definition) is 0. The molecule has 6 nitrogen and oxygen atoms in total. The molecule has 3 heterocycles. The maximum Gasteiger partial charge on any atom is 0.316 e. The lowest BCUT2D eigenvalue weighted by atomic mass is 9.82. The van der Waals surface area contributed by atoms with Gasteiger partial charge in [-0.25, -0.2) is 19.9 Å². The molecule has 0 bridgehead atoms. The fraction of sp³-hybridized carbons (Fsp3) is 0.556. The van der Waals surface area contributed by atoms with E-state index in [1.807, 2.05) is 19.9 Å². The van der Waals surface area contributed by atoms with Crippen molar-refractivity contribution in [3.63, 3.8) is 0 Å². The Morgan fingerprint density at radius 3 is 3.00 bits per heavy atom. The van der Waals surface area contributed by atoms with Gasteiger partial charge < -0.3 is 9.64 Å². The smallest absolute Gasteiger partial charge is 0.316 e. The number of nitrogens with zero attached hydrogens (tertiary/aromatic N) is 5. The molecule has 2 aliphatic rings. The van der Waals surface area contributed by atoms with Gasteiger partial charge in [-0.1, -0.05) is 6.42 Å². The average molecular weight is 325 g/mol. The summed E-state index contributed by atoms with van der Waals surface area (Å²) in [4.78, 5) is 19.7. The first kappa shape index (κ1) is 15.3. The van der Waals surface area contributed by atoms with E-state index >= 15 is 0 Å². The zero-order chi connectivity index (χ0) is 16.6. The first-order valence-electron chi connectivity index (χ1n) is 8.61. The van der Waals surface area contributed by atoms with Crippen LogP contribution in [0.25, 0.3) is 0 Å². The second-order valence-electron chi connectivity index (χ2n) is 7.12. The lowest BCUT2D eigenvalue weighted by Crippen LogP contribution is -2.34. The zero-order valence-corrected chi connectivity index (χ0v) is 14.3. The zero-order valence-electron chi connectivity index (χ0n) is 14.3. The molecule has 2 aromatic rings. The second kappa shape index (κ2) is 6.00. The highest BCUT2D eigenvalue weighted by Gasteiger charge is 2.50. The molecule has 0 amide bonds. The minimum atomic E-state index is 0.186. The molecule has 0 N–H and O–H groups in total. The number of aryl methyl sites for hydroxylation is 2. The first-order valence-corrected chi connectivity index (χ1v) is 8.61. The normalized spacial score (nSPS) is 25.8. The van der Waals surface area contributed by atoms with E-state index in [0.717, 1.165) is 30.3 Å². The minimum Gasteiger partial charge on any atom is -0.463 e. The fourth-order valence-corrected chi connectivity index (χ4v) is 4.14. The second-order valence-corrected chi connectivity index (χ2v) is 7.12. The summed E-state index contributed by atoms with van der Waals surface area (Å²) in [5.41, 5.74) is 2.13. The molecular formula is C18H23N5O. The Balaban J connectivity index is 1.50. The lowest BCUT2D eigenvalue weighted by Gasteiger charge is -2.28.